The van der Waals surface area contributed by atoms with Gasteiger partial charge >= 0.3 is 0 Å². The average molecular weight is 317 g/mol. The van der Waals surface area contributed by atoms with Crippen molar-refractivity contribution in [1.82, 2.24) is 19.5 Å². The molecule has 3 rings (SSSR count). The monoisotopic (exact) mass is 316 g/mol. The van der Waals surface area contributed by atoms with Crippen LogP contribution in [0.4, 0.5) is 0 Å². The van der Waals surface area contributed by atoms with E-state index >= 15 is 0 Å². The van der Waals surface area contributed by atoms with Gasteiger partial charge in [0.1, 0.15) is 18.3 Å². The molecule has 1 saturated heterocycles. The number of H-pyrrole nitrogens is 1. The molecule has 1 aliphatic rings. The second-order valence-corrected chi connectivity index (χ2v) is 4.93. The number of hydrogen-bond acceptors (Lipinski definition) is 7. The molecule has 21 heavy (non-hydrogen) atoms. The molecule has 1 aliphatic heterocycles. The molecule has 4 atom stereocenters. The van der Waals surface area contributed by atoms with Crippen molar-refractivity contribution in [2.45, 2.75) is 24.5 Å². The minimum absolute atomic E-state index is 0.0213. The molecule has 3 N–H and O–H groups in total. The number of aliphatic hydroxyl groups is 2. The fraction of sp³-hybridized carbons (Fsp3) is 0.545. The normalized spacial score (nSPS) is 29.3. The lowest BCUT2D eigenvalue weighted by Crippen LogP contribution is -2.34. The first-order chi connectivity index (χ1) is 10.1. The van der Waals surface area contributed by atoms with Crippen LogP contribution in [-0.4, -0.2) is 61.8 Å². The van der Waals surface area contributed by atoms with Crippen molar-refractivity contribution in [1.29, 1.82) is 0 Å². The summed E-state index contributed by atoms with van der Waals surface area (Å²) in [7, 11) is 1.40. The number of aromatic nitrogens is 4. The first-order valence-electron chi connectivity index (χ1n) is 6.16. The fourth-order valence-corrected chi connectivity index (χ4v) is 2.71. The topological polar surface area (TPSA) is 122 Å². The Hall–Kier alpha value is -1.52. The van der Waals surface area contributed by atoms with Gasteiger partial charge in [-0.25, -0.2) is 9.97 Å². The summed E-state index contributed by atoms with van der Waals surface area (Å²) in [5, 5.41) is 19.3. The van der Waals surface area contributed by atoms with E-state index in [1.807, 2.05) is 0 Å². The van der Waals surface area contributed by atoms with Gasteiger partial charge in [0.2, 0.25) is 5.28 Å². The molecule has 2 aromatic rings. The Morgan fingerprint density at radius 1 is 1.62 bits per heavy atom. The maximum atomic E-state index is 11.7. The lowest BCUT2D eigenvalue weighted by molar-refractivity contribution is -0.0581. The van der Waals surface area contributed by atoms with Crippen molar-refractivity contribution >= 4 is 22.8 Å². The summed E-state index contributed by atoms with van der Waals surface area (Å²) in [6.45, 7) is -0.379. The van der Waals surface area contributed by atoms with Gasteiger partial charge in [-0.05, 0) is 11.6 Å². The highest BCUT2D eigenvalue weighted by molar-refractivity contribution is 6.29. The number of ether oxygens (including phenoxy) is 2. The molecule has 2 aromatic heterocycles. The molecular weight excluding hydrogens is 304 g/mol. The van der Waals surface area contributed by atoms with E-state index in [0.717, 1.165) is 0 Å². The summed E-state index contributed by atoms with van der Waals surface area (Å²) in [6, 6.07) is 0. The number of aromatic amines is 1. The van der Waals surface area contributed by atoms with Crippen LogP contribution in [0.2, 0.25) is 5.28 Å². The average Bonchev–Trinajstić information content (AvgIpc) is 2.96. The molecule has 0 spiro atoms. The molecule has 0 radical (unpaired) electrons. The van der Waals surface area contributed by atoms with E-state index in [1.165, 1.54) is 18.0 Å². The quantitative estimate of drug-likeness (QED) is 0.623. The van der Waals surface area contributed by atoms with Crippen LogP contribution in [0.3, 0.4) is 0 Å². The number of fused-ring (bicyclic) bond motifs is 1. The van der Waals surface area contributed by atoms with Gasteiger partial charge in [0.25, 0.3) is 5.56 Å². The summed E-state index contributed by atoms with van der Waals surface area (Å²) in [6.07, 6.45) is -2.28. The molecule has 9 nitrogen and oxygen atoms in total. The standard InChI is InChI=1S/C11H13ClN4O5/c1-20-7-6(18)4(2-17)21-10(7)16-8-5(15-11(16)12)9(19)14-3-13-8/h3-4,6-7,10,17-18H,2H2,1H3,(H,13,14,19)/t4-,6+,7?,10-/m1/s1. The van der Waals surface area contributed by atoms with Crippen LogP contribution in [0.25, 0.3) is 11.2 Å². The zero-order valence-corrected chi connectivity index (χ0v) is 11.7. The number of aliphatic hydroxyl groups excluding tert-OH is 2. The summed E-state index contributed by atoms with van der Waals surface area (Å²) in [5.74, 6) is 0. The predicted molar refractivity (Wildman–Crippen MR) is 71.0 cm³/mol. The molecule has 1 fully saturated rings. The smallest absolute Gasteiger partial charge is 0.278 e. The van der Waals surface area contributed by atoms with Gasteiger partial charge in [0.15, 0.2) is 17.4 Å². The van der Waals surface area contributed by atoms with Gasteiger partial charge in [0.05, 0.1) is 12.9 Å². The Morgan fingerprint density at radius 2 is 2.38 bits per heavy atom. The molecule has 1 unspecified atom stereocenters. The third-order valence-electron chi connectivity index (χ3n) is 3.46. The second kappa shape index (κ2) is 5.35. The molecule has 0 aliphatic carbocycles. The highest BCUT2D eigenvalue weighted by Crippen LogP contribution is 2.34. The Morgan fingerprint density at radius 3 is 3.05 bits per heavy atom. The van der Waals surface area contributed by atoms with E-state index in [9.17, 15) is 15.0 Å². The highest BCUT2D eigenvalue weighted by Gasteiger charge is 2.46. The van der Waals surface area contributed by atoms with Crippen LogP contribution >= 0.6 is 11.6 Å². The summed E-state index contributed by atoms with van der Waals surface area (Å²) in [4.78, 5) is 22.1. The second-order valence-electron chi connectivity index (χ2n) is 4.59. The van der Waals surface area contributed by atoms with Crippen molar-refractivity contribution in [3.05, 3.63) is 22.0 Å². The van der Waals surface area contributed by atoms with Crippen LogP contribution < -0.4 is 5.56 Å². The fourth-order valence-electron chi connectivity index (χ4n) is 2.45. The van der Waals surface area contributed by atoms with Crippen molar-refractivity contribution in [2.75, 3.05) is 13.7 Å². The van der Waals surface area contributed by atoms with Crippen molar-refractivity contribution < 1.29 is 19.7 Å². The highest BCUT2D eigenvalue weighted by atomic mass is 35.5. The van der Waals surface area contributed by atoms with E-state index in [2.05, 4.69) is 15.0 Å². The number of methoxy groups -OCH3 is 1. The Labute approximate surface area is 123 Å². The van der Waals surface area contributed by atoms with Crippen LogP contribution in [0.15, 0.2) is 11.1 Å². The van der Waals surface area contributed by atoms with Crippen molar-refractivity contribution in [3.63, 3.8) is 0 Å². The minimum atomic E-state index is -1.04. The number of halogens is 1. The zero-order chi connectivity index (χ0) is 15.1. The van der Waals surface area contributed by atoms with Crippen LogP contribution in [-0.2, 0) is 9.47 Å². The van der Waals surface area contributed by atoms with Crippen LogP contribution in [0.5, 0.6) is 0 Å². The van der Waals surface area contributed by atoms with Gasteiger partial charge < -0.3 is 24.7 Å². The summed E-state index contributed by atoms with van der Waals surface area (Å²) >= 11 is 6.06. The largest absolute Gasteiger partial charge is 0.394 e. The summed E-state index contributed by atoms with van der Waals surface area (Å²) < 4.78 is 12.1. The molecule has 3 heterocycles. The Balaban J connectivity index is 2.14. The van der Waals surface area contributed by atoms with E-state index in [-0.39, 0.29) is 23.1 Å². The van der Waals surface area contributed by atoms with E-state index in [1.54, 1.807) is 0 Å². The Bertz CT molecular complexity index is 716. The van der Waals surface area contributed by atoms with E-state index in [0.29, 0.717) is 0 Å². The van der Waals surface area contributed by atoms with Crippen LogP contribution in [0.1, 0.15) is 6.23 Å². The number of rotatable bonds is 3. The number of nitrogens with zero attached hydrogens (tertiary/aromatic N) is 3. The number of hydrogen-bond donors (Lipinski definition) is 3. The minimum Gasteiger partial charge on any atom is -0.394 e. The Kier molecular flexibility index (Phi) is 3.68. The SMILES string of the molecule is COC1[C@@H](O)[C@@H](CO)O[C@H]1n1c(Cl)nc2c(=O)[nH]cnc21. The van der Waals surface area contributed by atoms with Crippen molar-refractivity contribution in [2.24, 2.45) is 0 Å². The molecular formula is C11H13ClN4O5. The van der Waals surface area contributed by atoms with Crippen molar-refractivity contribution in [3.8, 4) is 0 Å². The zero-order valence-electron chi connectivity index (χ0n) is 10.9. The first kappa shape index (κ1) is 14.4. The molecule has 0 amide bonds. The van der Waals surface area contributed by atoms with Crippen LogP contribution in [0, 0.1) is 0 Å². The molecule has 10 heteroatoms. The third-order valence-corrected chi connectivity index (χ3v) is 3.73. The van der Waals surface area contributed by atoms with Gasteiger partial charge in [-0.15, -0.1) is 0 Å². The maximum Gasteiger partial charge on any atom is 0.278 e. The van der Waals surface area contributed by atoms with Gasteiger partial charge in [-0.2, -0.15) is 0 Å². The lowest BCUT2D eigenvalue weighted by Gasteiger charge is -2.20. The first-order valence-corrected chi connectivity index (χ1v) is 6.54. The third kappa shape index (κ3) is 2.14. The van der Waals surface area contributed by atoms with Gasteiger partial charge in [-0.1, -0.05) is 0 Å². The van der Waals surface area contributed by atoms with Gasteiger partial charge in [-0.3, -0.25) is 9.36 Å². The maximum absolute atomic E-state index is 11.7. The lowest BCUT2D eigenvalue weighted by atomic mass is 10.1. The number of imidazole rings is 1. The van der Waals surface area contributed by atoms with E-state index in [4.69, 9.17) is 21.1 Å². The molecule has 0 saturated carbocycles. The molecule has 0 aromatic carbocycles. The molecule has 114 valence electrons. The molecule has 0 bridgehead atoms. The predicted octanol–water partition coefficient (Wildman–Crippen LogP) is -0.961. The van der Waals surface area contributed by atoms with Gasteiger partial charge in [0, 0.05) is 7.11 Å². The van der Waals surface area contributed by atoms with E-state index < -0.39 is 30.1 Å². The number of nitrogens with one attached hydrogen (secondary N) is 1. The summed E-state index contributed by atoms with van der Waals surface area (Å²) in [5.41, 5.74) is -0.170.